The highest BCUT2D eigenvalue weighted by Gasteiger charge is 2.41. The lowest BCUT2D eigenvalue weighted by Gasteiger charge is -2.38. The normalized spacial score (nSPS) is 20.9. The number of carbonyl (C=O) groups is 1. The van der Waals surface area contributed by atoms with E-state index in [2.05, 4.69) is 36.5 Å². The molecule has 1 aliphatic heterocycles. The lowest BCUT2D eigenvalue weighted by Crippen LogP contribution is -2.44. The Balaban J connectivity index is 1.80. The first-order valence-electron chi connectivity index (χ1n) is 7.49. The summed E-state index contributed by atoms with van der Waals surface area (Å²) < 4.78 is 0. The molecule has 1 saturated carbocycles. The molecule has 0 bridgehead atoms. The van der Waals surface area contributed by atoms with Crippen molar-refractivity contribution in [1.29, 1.82) is 0 Å². The third-order valence-corrected chi connectivity index (χ3v) is 4.26. The lowest BCUT2D eigenvalue weighted by atomic mass is 10.0. The molecule has 1 heterocycles. The van der Waals surface area contributed by atoms with Crippen LogP contribution in [-0.2, 0) is 0 Å². The van der Waals surface area contributed by atoms with Crippen LogP contribution in [0, 0.1) is 6.92 Å². The zero-order chi connectivity index (χ0) is 14.4. The molecule has 21 heavy (non-hydrogen) atoms. The van der Waals surface area contributed by atoms with Crippen molar-refractivity contribution in [1.82, 2.24) is 4.90 Å². The molecular formula is C18H18N2O. The highest BCUT2D eigenvalue weighted by Crippen LogP contribution is 2.40. The Labute approximate surface area is 124 Å². The number of hydrogen-bond donors (Lipinski definition) is 1. The van der Waals surface area contributed by atoms with Crippen molar-refractivity contribution >= 4 is 11.6 Å². The van der Waals surface area contributed by atoms with Gasteiger partial charge < -0.3 is 10.2 Å². The van der Waals surface area contributed by atoms with Crippen LogP contribution in [-0.4, -0.2) is 16.8 Å². The van der Waals surface area contributed by atoms with Crippen LogP contribution in [0.15, 0.2) is 48.5 Å². The Bertz CT molecular complexity index is 706. The number of aryl methyl sites for hydroxylation is 1. The highest BCUT2D eigenvalue weighted by atomic mass is 16.2. The molecule has 1 amide bonds. The molecule has 0 aromatic heterocycles. The van der Waals surface area contributed by atoms with E-state index in [-0.39, 0.29) is 12.1 Å². The minimum atomic E-state index is -0.0557. The summed E-state index contributed by atoms with van der Waals surface area (Å²) in [4.78, 5) is 14.9. The number of fused-ring (bicyclic) bond motifs is 1. The second-order valence-corrected chi connectivity index (χ2v) is 5.95. The Morgan fingerprint density at radius 1 is 1.10 bits per heavy atom. The molecule has 1 fully saturated rings. The van der Waals surface area contributed by atoms with E-state index in [4.69, 9.17) is 0 Å². The van der Waals surface area contributed by atoms with Gasteiger partial charge in [0.15, 0.2) is 0 Å². The van der Waals surface area contributed by atoms with Crippen LogP contribution in [0.1, 0.15) is 40.5 Å². The van der Waals surface area contributed by atoms with Gasteiger partial charge >= 0.3 is 0 Å². The highest BCUT2D eigenvalue weighted by molar-refractivity contribution is 6.02. The van der Waals surface area contributed by atoms with E-state index in [9.17, 15) is 4.79 Å². The van der Waals surface area contributed by atoms with Crippen molar-refractivity contribution < 1.29 is 4.79 Å². The van der Waals surface area contributed by atoms with Crippen LogP contribution in [0.5, 0.6) is 0 Å². The molecule has 0 spiro atoms. The van der Waals surface area contributed by atoms with Gasteiger partial charge in [0.2, 0.25) is 0 Å². The summed E-state index contributed by atoms with van der Waals surface area (Å²) in [7, 11) is 0. The molecule has 106 valence electrons. The molecule has 1 aliphatic carbocycles. The molecule has 3 nitrogen and oxygen atoms in total. The summed E-state index contributed by atoms with van der Waals surface area (Å²) in [6, 6.07) is 16.6. The maximum atomic E-state index is 12.9. The molecule has 3 heteroatoms. The number of carbonyl (C=O) groups excluding carboxylic acids is 1. The maximum Gasteiger partial charge on any atom is 0.258 e. The molecule has 2 aromatic rings. The van der Waals surface area contributed by atoms with E-state index in [0.29, 0.717) is 6.04 Å². The summed E-state index contributed by atoms with van der Waals surface area (Å²) in [5.74, 6) is 0.151. The van der Waals surface area contributed by atoms with Gasteiger partial charge in [0.25, 0.3) is 5.91 Å². The first-order valence-corrected chi connectivity index (χ1v) is 7.49. The zero-order valence-electron chi connectivity index (χ0n) is 12.0. The summed E-state index contributed by atoms with van der Waals surface area (Å²) >= 11 is 0. The SMILES string of the molecule is Cc1cccc(C2Nc3ccccc3C(=O)N2C2CC2)c1. The molecule has 1 unspecified atom stereocenters. The zero-order valence-corrected chi connectivity index (χ0v) is 12.0. The van der Waals surface area contributed by atoms with Gasteiger partial charge in [0.1, 0.15) is 6.17 Å². The standard InChI is InChI=1S/C18H18N2O/c1-12-5-4-6-13(11-12)17-19-16-8-3-2-7-15(16)18(21)20(17)14-9-10-14/h2-8,11,14,17,19H,9-10H2,1H3. The van der Waals surface area contributed by atoms with Crippen molar-refractivity contribution in [3.63, 3.8) is 0 Å². The van der Waals surface area contributed by atoms with Crippen LogP contribution in [0.2, 0.25) is 0 Å². The summed E-state index contributed by atoms with van der Waals surface area (Å²) in [6.07, 6.45) is 2.16. The van der Waals surface area contributed by atoms with Gasteiger partial charge in [0.05, 0.1) is 5.56 Å². The fraction of sp³-hybridized carbons (Fsp3) is 0.278. The minimum Gasteiger partial charge on any atom is -0.361 e. The maximum absolute atomic E-state index is 12.9. The van der Waals surface area contributed by atoms with Crippen molar-refractivity contribution in [3.05, 3.63) is 65.2 Å². The Morgan fingerprint density at radius 3 is 2.67 bits per heavy atom. The first kappa shape index (κ1) is 12.5. The molecule has 0 saturated heterocycles. The number of amides is 1. The van der Waals surface area contributed by atoms with Gasteiger partial charge in [-0.15, -0.1) is 0 Å². The second-order valence-electron chi connectivity index (χ2n) is 5.95. The number of nitrogens with one attached hydrogen (secondary N) is 1. The average Bonchev–Trinajstić information content (AvgIpc) is 3.32. The number of rotatable bonds is 2. The van der Waals surface area contributed by atoms with E-state index in [1.165, 1.54) is 5.56 Å². The summed E-state index contributed by atoms with van der Waals surface area (Å²) in [6.45, 7) is 2.09. The fourth-order valence-electron chi connectivity index (χ4n) is 3.08. The number of para-hydroxylation sites is 1. The summed E-state index contributed by atoms with van der Waals surface area (Å²) in [5.41, 5.74) is 4.10. The van der Waals surface area contributed by atoms with E-state index in [1.807, 2.05) is 29.2 Å². The number of hydrogen-bond acceptors (Lipinski definition) is 2. The quantitative estimate of drug-likeness (QED) is 0.908. The predicted octanol–water partition coefficient (Wildman–Crippen LogP) is 3.72. The van der Waals surface area contributed by atoms with Crippen LogP contribution >= 0.6 is 0 Å². The average molecular weight is 278 g/mol. The lowest BCUT2D eigenvalue weighted by molar-refractivity contribution is 0.0666. The van der Waals surface area contributed by atoms with Crippen LogP contribution < -0.4 is 5.32 Å². The second kappa shape index (κ2) is 4.62. The van der Waals surface area contributed by atoms with E-state index in [1.54, 1.807) is 0 Å². The van der Waals surface area contributed by atoms with Gasteiger partial charge in [-0.2, -0.15) is 0 Å². The Kier molecular flexibility index (Phi) is 2.74. The third kappa shape index (κ3) is 2.09. The molecule has 2 aliphatic rings. The van der Waals surface area contributed by atoms with Crippen molar-refractivity contribution in [2.24, 2.45) is 0 Å². The van der Waals surface area contributed by atoms with Gasteiger partial charge in [-0.3, -0.25) is 4.79 Å². The van der Waals surface area contributed by atoms with Crippen molar-refractivity contribution in [3.8, 4) is 0 Å². The Hall–Kier alpha value is -2.29. The molecule has 1 atom stereocenters. The topological polar surface area (TPSA) is 32.3 Å². The molecule has 0 radical (unpaired) electrons. The summed E-state index contributed by atoms with van der Waals surface area (Å²) in [5, 5.41) is 3.55. The third-order valence-electron chi connectivity index (χ3n) is 4.26. The number of anilines is 1. The first-order chi connectivity index (χ1) is 10.2. The van der Waals surface area contributed by atoms with Gasteiger partial charge in [-0.1, -0.05) is 42.0 Å². The van der Waals surface area contributed by atoms with Crippen LogP contribution in [0.3, 0.4) is 0 Å². The van der Waals surface area contributed by atoms with Gasteiger partial charge in [0, 0.05) is 11.7 Å². The largest absolute Gasteiger partial charge is 0.361 e. The van der Waals surface area contributed by atoms with Crippen molar-refractivity contribution in [2.45, 2.75) is 32.0 Å². The van der Waals surface area contributed by atoms with Gasteiger partial charge in [-0.05, 0) is 37.5 Å². The molecule has 4 rings (SSSR count). The van der Waals surface area contributed by atoms with E-state index in [0.717, 1.165) is 29.7 Å². The number of nitrogens with zero attached hydrogens (tertiary/aromatic N) is 1. The Morgan fingerprint density at radius 2 is 1.90 bits per heavy atom. The smallest absolute Gasteiger partial charge is 0.258 e. The number of benzene rings is 2. The molecule has 2 aromatic carbocycles. The van der Waals surface area contributed by atoms with Gasteiger partial charge in [-0.25, -0.2) is 0 Å². The van der Waals surface area contributed by atoms with Crippen molar-refractivity contribution in [2.75, 3.05) is 5.32 Å². The predicted molar refractivity (Wildman–Crippen MR) is 83.2 cm³/mol. The molecule has 1 N–H and O–H groups in total. The fourth-order valence-corrected chi connectivity index (χ4v) is 3.08. The van der Waals surface area contributed by atoms with E-state index < -0.39 is 0 Å². The van der Waals surface area contributed by atoms with Crippen LogP contribution in [0.25, 0.3) is 0 Å². The van der Waals surface area contributed by atoms with E-state index >= 15 is 0 Å². The minimum absolute atomic E-state index is 0.0557. The van der Waals surface area contributed by atoms with Crippen LogP contribution in [0.4, 0.5) is 5.69 Å². The molecular weight excluding hydrogens is 260 g/mol. The monoisotopic (exact) mass is 278 g/mol.